The van der Waals surface area contributed by atoms with E-state index in [-0.39, 0.29) is 6.04 Å². The topological polar surface area (TPSA) is 57.9 Å². The molecule has 4 heteroatoms. The van der Waals surface area contributed by atoms with Crippen molar-refractivity contribution in [3.63, 3.8) is 0 Å². The smallest absolute Gasteiger partial charge is 0.145 e. The summed E-state index contributed by atoms with van der Waals surface area (Å²) in [6.07, 6.45) is 2.14. The highest BCUT2D eigenvalue weighted by Gasteiger charge is 2.05. The Bertz CT molecular complexity index is 599. The van der Waals surface area contributed by atoms with Gasteiger partial charge in [-0.2, -0.15) is 5.26 Å². The quantitative estimate of drug-likeness (QED) is 0.878. The largest absolute Gasteiger partial charge is 0.456 e. The van der Waals surface area contributed by atoms with Crippen molar-refractivity contribution in [3.8, 4) is 17.6 Å². The Kier molecular flexibility index (Phi) is 5.30. The Balaban J connectivity index is 2.01. The molecule has 2 rings (SSSR count). The summed E-state index contributed by atoms with van der Waals surface area (Å²) in [4.78, 5) is 4.41. The van der Waals surface area contributed by atoms with Crippen LogP contribution in [0.5, 0.6) is 11.5 Å². The molecular formula is C17H19N3O. The fourth-order valence-electron chi connectivity index (χ4n) is 2.02. The molecule has 0 aliphatic heterocycles. The summed E-state index contributed by atoms with van der Waals surface area (Å²) < 4.78 is 5.74. The van der Waals surface area contributed by atoms with Crippen LogP contribution in [-0.4, -0.2) is 11.5 Å². The van der Waals surface area contributed by atoms with Crippen LogP contribution in [0.1, 0.15) is 31.1 Å². The molecule has 1 atom stereocenters. The molecule has 108 valence electrons. The second-order valence-electron chi connectivity index (χ2n) is 4.78. The predicted molar refractivity (Wildman–Crippen MR) is 82.2 cm³/mol. The van der Waals surface area contributed by atoms with Crippen LogP contribution < -0.4 is 10.1 Å². The Morgan fingerprint density at radius 1 is 1.19 bits per heavy atom. The van der Waals surface area contributed by atoms with Gasteiger partial charge in [-0.1, -0.05) is 19.1 Å². The standard InChI is InChI=1S/C17H19N3O/c1-3-19-13(2)17-9-8-16(12-20-17)21-15-6-4-14(5-7-15)10-11-18/h4-9,12-13,19H,3,10H2,1-2H3. The predicted octanol–water partition coefficient (Wildman–Crippen LogP) is 3.61. The monoisotopic (exact) mass is 281 g/mol. The maximum absolute atomic E-state index is 8.64. The minimum Gasteiger partial charge on any atom is -0.456 e. The summed E-state index contributed by atoms with van der Waals surface area (Å²) in [6.45, 7) is 5.07. The van der Waals surface area contributed by atoms with Crippen molar-refractivity contribution in [2.45, 2.75) is 26.3 Å². The summed E-state index contributed by atoms with van der Waals surface area (Å²) >= 11 is 0. The van der Waals surface area contributed by atoms with Gasteiger partial charge >= 0.3 is 0 Å². The summed E-state index contributed by atoms with van der Waals surface area (Å²) in [5.74, 6) is 1.45. The molecule has 21 heavy (non-hydrogen) atoms. The average Bonchev–Trinajstić information content (AvgIpc) is 2.50. The summed E-state index contributed by atoms with van der Waals surface area (Å²) in [5, 5.41) is 12.0. The van der Waals surface area contributed by atoms with E-state index in [9.17, 15) is 0 Å². The van der Waals surface area contributed by atoms with E-state index in [1.54, 1.807) is 6.20 Å². The van der Waals surface area contributed by atoms with Crippen molar-refractivity contribution in [2.24, 2.45) is 0 Å². The van der Waals surface area contributed by atoms with Crippen LogP contribution in [0.15, 0.2) is 42.6 Å². The number of nitrogens with zero attached hydrogens (tertiary/aromatic N) is 2. The fourth-order valence-corrected chi connectivity index (χ4v) is 2.02. The van der Waals surface area contributed by atoms with Gasteiger partial charge in [0.2, 0.25) is 0 Å². The molecular weight excluding hydrogens is 262 g/mol. The third-order valence-electron chi connectivity index (χ3n) is 3.16. The lowest BCUT2D eigenvalue weighted by Gasteiger charge is -2.12. The van der Waals surface area contributed by atoms with Gasteiger partial charge in [0.1, 0.15) is 11.5 Å². The zero-order valence-electron chi connectivity index (χ0n) is 12.3. The molecule has 0 aliphatic rings. The molecule has 0 radical (unpaired) electrons. The van der Waals surface area contributed by atoms with Crippen LogP contribution >= 0.6 is 0 Å². The molecule has 1 aromatic heterocycles. The molecule has 0 spiro atoms. The van der Waals surface area contributed by atoms with Crippen molar-refractivity contribution >= 4 is 0 Å². The number of rotatable bonds is 6. The third-order valence-corrected chi connectivity index (χ3v) is 3.16. The van der Waals surface area contributed by atoms with E-state index >= 15 is 0 Å². The number of nitriles is 1. The van der Waals surface area contributed by atoms with Crippen LogP contribution in [0.25, 0.3) is 0 Å². The van der Waals surface area contributed by atoms with E-state index in [4.69, 9.17) is 10.00 Å². The maximum atomic E-state index is 8.64. The molecule has 2 aromatic rings. The van der Waals surface area contributed by atoms with E-state index in [2.05, 4.69) is 30.2 Å². The first-order chi connectivity index (χ1) is 10.2. The lowest BCUT2D eigenvalue weighted by Crippen LogP contribution is -2.18. The summed E-state index contributed by atoms with van der Waals surface area (Å²) in [5.41, 5.74) is 1.98. The average molecular weight is 281 g/mol. The number of aromatic nitrogens is 1. The first-order valence-corrected chi connectivity index (χ1v) is 7.06. The molecule has 1 heterocycles. The lowest BCUT2D eigenvalue weighted by atomic mass is 10.2. The van der Waals surface area contributed by atoms with Crippen molar-refractivity contribution in [2.75, 3.05) is 6.54 Å². The molecule has 0 saturated carbocycles. The Morgan fingerprint density at radius 3 is 2.48 bits per heavy atom. The zero-order valence-corrected chi connectivity index (χ0v) is 12.3. The first-order valence-electron chi connectivity index (χ1n) is 7.06. The summed E-state index contributed by atoms with van der Waals surface area (Å²) in [7, 11) is 0. The van der Waals surface area contributed by atoms with E-state index in [1.165, 1.54) is 0 Å². The van der Waals surface area contributed by atoms with Gasteiger partial charge in [0.15, 0.2) is 0 Å². The molecule has 0 bridgehead atoms. The maximum Gasteiger partial charge on any atom is 0.145 e. The molecule has 0 saturated heterocycles. The minimum atomic E-state index is 0.231. The van der Waals surface area contributed by atoms with Crippen LogP contribution in [0, 0.1) is 11.3 Å². The highest BCUT2D eigenvalue weighted by Crippen LogP contribution is 2.22. The number of pyridine rings is 1. The van der Waals surface area contributed by atoms with Crippen molar-refractivity contribution < 1.29 is 4.74 Å². The zero-order chi connectivity index (χ0) is 15.1. The second-order valence-corrected chi connectivity index (χ2v) is 4.78. The van der Waals surface area contributed by atoms with E-state index in [1.807, 2.05) is 36.4 Å². The van der Waals surface area contributed by atoms with Crippen LogP contribution in [0.3, 0.4) is 0 Å². The Hall–Kier alpha value is -2.38. The molecule has 0 fully saturated rings. The van der Waals surface area contributed by atoms with Gasteiger partial charge in [-0.25, -0.2) is 0 Å². The highest BCUT2D eigenvalue weighted by atomic mass is 16.5. The van der Waals surface area contributed by atoms with Gasteiger partial charge in [-0.15, -0.1) is 0 Å². The molecule has 1 unspecified atom stereocenters. The number of hydrogen-bond acceptors (Lipinski definition) is 4. The Morgan fingerprint density at radius 2 is 1.90 bits per heavy atom. The lowest BCUT2D eigenvalue weighted by molar-refractivity contribution is 0.478. The van der Waals surface area contributed by atoms with Gasteiger partial charge < -0.3 is 10.1 Å². The Labute approximate surface area is 125 Å². The fraction of sp³-hybridized carbons (Fsp3) is 0.294. The van der Waals surface area contributed by atoms with E-state index in [0.29, 0.717) is 12.2 Å². The van der Waals surface area contributed by atoms with E-state index < -0.39 is 0 Å². The first kappa shape index (κ1) is 15.0. The molecule has 0 amide bonds. The summed E-state index contributed by atoms with van der Waals surface area (Å²) in [6, 6.07) is 13.8. The second kappa shape index (κ2) is 7.41. The van der Waals surface area contributed by atoms with Crippen molar-refractivity contribution in [1.82, 2.24) is 10.3 Å². The number of hydrogen-bond donors (Lipinski definition) is 1. The van der Waals surface area contributed by atoms with Gasteiger partial charge in [0.05, 0.1) is 24.4 Å². The van der Waals surface area contributed by atoms with Crippen LogP contribution in [0.2, 0.25) is 0 Å². The molecule has 1 aromatic carbocycles. The van der Waals surface area contributed by atoms with Gasteiger partial charge in [0.25, 0.3) is 0 Å². The van der Waals surface area contributed by atoms with Gasteiger partial charge in [-0.3, -0.25) is 4.98 Å². The van der Waals surface area contributed by atoms with Gasteiger partial charge in [0, 0.05) is 6.04 Å². The highest BCUT2D eigenvalue weighted by molar-refractivity contribution is 5.33. The number of benzene rings is 1. The normalized spacial score (nSPS) is 11.7. The molecule has 4 nitrogen and oxygen atoms in total. The van der Waals surface area contributed by atoms with E-state index in [0.717, 1.165) is 23.6 Å². The number of ether oxygens (including phenoxy) is 1. The minimum absolute atomic E-state index is 0.231. The number of nitrogens with one attached hydrogen (secondary N) is 1. The van der Waals surface area contributed by atoms with Gasteiger partial charge in [-0.05, 0) is 43.3 Å². The molecule has 0 aliphatic carbocycles. The SMILES string of the molecule is CCNC(C)c1ccc(Oc2ccc(CC#N)cc2)cn1. The van der Waals surface area contributed by atoms with Crippen molar-refractivity contribution in [3.05, 3.63) is 53.9 Å². The molecule has 1 N–H and O–H groups in total. The third kappa shape index (κ3) is 4.30. The van der Waals surface area contributed by atoms with Crippen molar-refractivity contribution in [1.29, 1.82) is 5.26 Å². The van der Waals surface area contributed by atoms with Crippen LogP contribution in [-0.2, 0) is 6.42 Å². The van der Waals surface area contributed by atoms with Crippen LogP contribution in [0.4, 0.5) is 0 Å².